The van der Waals surface area contributed by atoms with Gasteiger partial charge in [-0.25, -0.2) is 9.37 Å². The Hall–Kier alpha value is -3.04. The summed E-state index contributed by atoms with van der Waals surface area (Å²) in [5.74, 6) is 1.28. The molecule has 1 fully saturated rings. The lowest BCUT2D eigenvalue weighted by molar-refractivity contribution is 0.203. The van der Waals surface area contributed by atoms with Gasteiger partial charge in [-0.05, 0) is 42.5 Å². The number of halogens is 1. The standard InChI is InChI=1S/C23H24FN5O2S/c1-27(22-14-20(31-26-22)21-3-2-12-32-21)17-6-8-28(9-7-17)10-11-29-19-13-16(24)4-5-18(19)25-15-23(29)30/h2-5,12-15,17H,6-11H2,1H3. The Labute approximate surface area is 188 Å². The summed E-state index contributed by atoms with van der Waals surface area (Å²) in [7, 11) is 2.06. The number of hydrogen-bond acceptors (Lipinski definition) is 7. The van der Waals surface area contributed by atoms with E-state index in [0.717, 1.165) is 48.9 Å². The molecule has 32 heavy (non-hydrogen) atoms. The van der Waals surface area contributed by atoms with Gasteiger partial charge in [0.1, 0.15) is 5.82 Å². The Morgan fingerprint density at radius 3 is 2.84 bits per heavy atom. The molecule has 0 unspecified atom stereocenters. The normalized spacial score (nSPS) is 15.4. The van der Waals surface area contributed by atoms with Crippen molar-refractivity contribution >= 4 is 28.2 Å². The second kappa shape index (κ2) is 8.84. The molecular formula is C23H24FN5O2S. The van der Waals surface area contributed by atoms with E-state index in [1.54, 1.807) is 22.0 Å². The SMILES string of the molecule is CN(c1cc(-c2cccs2)on1)C1CCN(CCn2c(=O)cnc3ccc(F)cc32)CC1. The van der Waals surface area contributed by atoms with Gasteiger partial charge in [-0.3, -0.25) is 4.79 Å². The number of rotatable bonds is 6. The summed E-state index contributed by atoms with van der Waals surface area (Å²) in [6.07, 6.45) is 3.31. The number of benzene rings is 1. The molecule has 0 radical (unpaired) electrons. The molecular weight excluding hydrogens is 429 g/mol. The van der Waals surface area contributed by atoms with Crippen LogP contribution in [0.15, 0.2) is 57.3 Å². The third-order valence-corrected chi connectivity index (χ3v) is 7.06. The van der Waals surface area contributed by atoms with Crippen molar-refractivity contribution in [3.8, 4) is 10.6 Å². The van der Waals surface area contributed by atoms with Crippen LogP contribution >= 0.6 is 11.3 Å². The third-order valence-electron chi connectivity index (χ3n) is 6.18. The van der Waals surface area contributed by atoms with E-state index in [2.05, 4.69) is 27.0 Å². The summed E-state index contributed by atoms with van der Waals surface area (Å²) in [5, 5.41) is 6.28. The Morgan fingerprint density at radius 1 is 1.22 bits per heavy atom. The number of nitrogens with zero attached hydrogens (tertiary/aromatic N) is 5. The lowest BCUT2D eigenvalue weighted by atomic mass is 10.0. The molecule has 1 aliphatic rings. The molecule has 1 aliphatic heterocycles. The minimum atomic E-state index is -0.363. The van der Waals surface area contributed by atoms with E-state index >= 15 is 0 Å². The zero-order chi connectivity index (χ0) is 22.1. The highest BCUT2D eigenvalue weighted by Crippen LogP contribution is 2.29. The predicted octanol–water partition coefficient (Wildman–Crippen LogP) is 3.85. The molecule has 1 saturated heterocycles. The fourth-order valence-electron chi connectivity index (χ4n) is 4.29. The molecule has 0 bridgehead atoms. The molecule has 7 nitrogen and oxygen atoms in total. The monoisotopic (exact) mass is 453 g/mol. The van der Waals surface area contributed by atoms with Crippen LogP contribution in [0.1, 0.15) is 12.8 Å². The highest BCUT2D eigenvalue weighted by molar-refractivity contribution is 7.13. The second-order valence-corrected chi connectivity index (χ2v) is 9.04. The summed E-state index contributed by atoms with van der Waals surface area (Å²) in [6.45, 7) is 3.10. The zero-order valence-electron chi connectivity index (χ0n) is 17.8. The highest BCUT2D eigenvalue weighted by atomic mass is 32.1. The van der Waals surface area contributed by atoms with Gasteiger partial charge in [-0.15, -0.1) is 11.3 Å². The van der Waals surface area contributed by atoms with Crippen LogP contribution in [0.25, 0.3) is 21.7 Å². The lowest BCUT2D eigenvalue weighted by Gasteiger charge is -2.36. The van der Waals surface area contributed by atoms with E-state index < -0.39 is 0 Å². The maximum absolute atomic E-state index is 13.7. The quantitative estimate of drug-likeness (QED) is 0.442. The van der Waals surface area contributed by atoms with Gasteiger partial charge in [-0.2, -0.15) is 0 Å². The first-order valence-electron chi connectivity index (χ1n) is 10.7. The first-order chi connectivity index (χ1) is 15.6. The van der Waals surface area contributed by atoms with Crippen molar-refractivity contribution in [2.45, 2.75) is 25.4 Å². The summed E-state index contributed by atoms with van der Waals surface area (Å²) in [5.41, 5.74) is 0.964. The summed E-state index contributed by atoms with van der Waals surface area (Å²) in [6, 6.07) is 10.8. The van der Waals surface area contributed by atoms with Crippen LogP contribution in [0.4, 0.5) is 10.2 Å². The van der Waals surface area contributed by atoms with Crippen LogP contribution in [0.2, 0.25) is 0 Å². The zero-order valence-corrected chi connectivity index (χ0v) is 18.6. The molecule has 3 aromatic heterocycles. The molecule has 0 atom stereocenters. The molecule has 4 heterocycles. The minimum absolute atomic E-state index is 0.203. The number of fused-ring (bicyclic) bond motifs is 1. The third kappa shape index (κ3) is 4.18. The van der Waals surface area contributed by atoms with Crippen LogP contribution in [-0.2, 0) is 6.54 Å². The predicted molar refractivity (Wildman–Crippen MR) is 124 cm³/mol. The van der Waals surface area contributed by atoms with Crippen LogP contribution in [0.5, 0.6) is 0 Å². The van der Waals surface area contributed by atoms with Crippen LogP contribution in [-0.4, -0.2) is 52.3 Å². The Balaban J connectivity index is 1.20. The molecule has 0 amide bonds. The van der Waals surface area contributed by atoms with Crippen molar-refractivity contribution in [3.63, 3.8) is 0 Å². The fraction of sp³-hybridized carbons (Fsp3) is 0.348. The molecule has 166 valence electrons. The van der Waals surface area contributed by atoms with Crippen LogP contribution in [0.3, 0.4) is 0 Å². The average molecular weight is 454 g/mol. The Bertz CT molecular complexity index is 1260. The number of likely N-dealkylation sites (tertiary alicyclic amines) is 1. The summed E-state index contributed by atoms with van der Waals surface area (Å²) < 4.78 is 20.9. The first-order valence-corrected chi connectivity index (χ1v) is 11.6. The van der Waals surface area contributed by atoms with Crippen molar-refractivity contribution in [3.05, 3.63) is 64.1 Å². The van der Waals surface area contributed by atoms with Crippen molar-refractivity contribution in [1.29, 1.82) is 0 Å². The maximum atomic E-state index is 13.7. The van der Waals surface area contributed by atoms with E-state index in [4.69, 9.17) is 4.52 Å². The molecule has 9 heteroatoms. The van der Waals surface area contributed by atoms with E-state index in [9.17, 15) is 9.18 Å². The van der Waals surface area contributed by atoms with Gasteiger partial charge in [0.15, 0.2) is 11.6 Å². The summed E-state index contributed by atoms with van der Waals surface area (Å²) >= 11 is 1.63. The van der Waals surface area contributed by atoms with E-state index in [0.29, 0.717) is 23.6 Å². The molecule has 0 N–H and O–H groups in total. The van der Waals surface area contributed by atoms with Crippen LogP contribution in [0, 0.1) is 5.82 Å². The minimum Gasteiger partial charge on any atom is -0.354 e. The van der Waals surface area contributed by atoms with Crippen LogP contribution < -0.4 is 10.5 Å². The smallest absolute Gasteiger partial charge is 0.269 e. The van der Waals surface area contributed by atoms with Crippen molar-refractivity contribution in [2.75, 3.05) is 31.6 Å². The Kier molecular flexibility index (Phi) is 5.75. The molecule has 4 aromatic rings. The highest BCUT2D eigenvalue weighted by Gasteiger charge is 2.24. The number of thiophene rings is 1. The fourth-order valence-corrected chi connectivity index (χ4v) is 4.96. The molecule has 0 aliphatic carbocycles. The van der Waals surface area contributed by atoms with Crippen molar-refractivity contribution in [1.82, 2.24) is 19.6 Å². The largest absolute Gasteiger partial charge is 0.354 e. The molecule has 1 aromatic carbocycles. The van der Waals surface area contributed by atoms with Gasteiger partial charge in [-0.1, -0.05) is 11.2 Å². The summed E-state index contributed by atoms with van der Waals surface area (Å²) in [4.78, 5) is 22.1. The number of anilines is 1. The van der Waals surface area contributed by atoms with E-state index in [1.807, 2.05) is 23.6 Å². The molecule has 0 saturated carbocycles. The maximum Gasteiger partial charge on any atom is 0.269 e. The topological polar surface area (TPSA) is 67.4 Å². The first kappa shape index (κ1) is 20.8. The van der Waals surface area contributed by atoms with Gasteiger partial charge < -0.3 is 18.9 Å². The number of piperidine rings is 1. The number of hydrogen-bond donors (Lipinski definition) is 0. The molecule has 5 rings (SSSR count). The second-order valence-electron chi connectivity index (χ2n) is 8.09. The van der Waals surface area contributed by atoms with Gasteiger partial charge in [0.2, 0.25) is 0 Å². The average Bonchev–Trinajstić information content (AvgIpc) is 3.50. The lowest BCUT2D eigenvalue weighted by Crippen LogP contribution is -2.44. The van der Waals surface area contributed by atoms with Gasteiger partial charge in [0.05, 0.1) is 22.1 Å². The Morgan fingerprint density at radius 2 is 2.06 bits per heavy atom. The van der Waals surface area contributed by atoms with Gasteiger partial charge >= 0.3 is 0 Å². The molecule has 0 spiro atoms. The van der Waals surface area contributed by atoms with E-state index in [1.165, 1.54) is 18.3 Å². The van der Waals surface area contributed by atoms with Gasteiger partial charge in [0, 0.05) is 45.3 Å². The van der Waals surface area contributed by atoms with Gasteiger partial charge in [0.25, 0.3) is 5.56 Å². The van der Waals surface area contributed by atoms with E-state index in [-0.39, 0.29) is 11.4 Å². The van der Waals surface area contributed by atoms with Crippen molar-refractivity contribution in [2.24, 2.45) is 0 Å². The number of aromatic nitrogens is 3. The van der Waals surface area contributed by atoms with Crippen molar-refractivity contribution < 1.29 is 8.91 Å².